The number of primary amides is 1. The second-order valence-electron chi connectivity index (χ2n) is 12.7. The average molecular weight is 759 g/mol. The number of rotatable bonds is 29. The zero-order valence-electron chi connectivity index (χ0n) is 30.8. The molecule has 17 nitrogen and oxygen atoms in total. The molecule has 0 bridgehead atoms. The van der Waals surface area contributed by atoms with Gasteiger partial charge in [-0.3, -0.25) is 43.3 Å². The van der Waals surface area contributed by atoms with Crippen molar-refractivity contribution in [2.24, 2.45) is 11.7 Å². The van der Waals surface area contributed by atoms with Crippen LogP contribution in [0.25, 0.3) is 0 Å². The van der Waals surface area contributed by atoms with E-state index in [0.29, 0.717) is 38.6 Å². The molecule has 1 aromatic rings. The largest absolute Gasteiger partial charge is 0.394 e. The molecule has 17 heteroatoms. The fraction of sp³-hybridized carbons (Fsp3) is 0.568. The summed E-state index contributed by atoms with van der Waals surface area (Å²) in [6.45, 7) is 1.57. The van der Waals surface area contributed by atoms with Crippen LogP contribution in [0.4, 0.5) is 0 Å². The molecule has 0 fully saturated rings. The molecule has 7 amide bonds. The molecule has 298 valence electrons. The molecule has 0 saturated heterocycles. The molecule has 1 aliphatic heterocycles. The Morgan fingerprint density at radius 1 is 0.778 bits per heavy atom. The molecule has 0 saturated carbocycles. The number of hydrogen-bond donors (Lipinski definition) is 6. The lowest BCUT2D eigenvalue weighted by molar-refractivity contribution is -0.137. The van der Waals surface area contributed by atoms with E-state index >= 15 is 0 Å². The molecule has 3 atom stereocenters. The van der Waals surface area contributed by atoms with Crippen LogP contribution < -0.4 is 27.0 Å². The van der Waals surface area contributed by atoms with Gasteiger partial charge in [-0.25, -0.2) is 0 Å². The number of Topliss-reactive ketones (excluding diaryl/α,β-unsaturated/α-hetero) is 1. The van der Waals surface area contributed by atoms with Gasteiger partial charge in [0.1, 0.15) is 12.6 Å². The van der Waals surface area contributed by atoms with Crippen LogP contribution in [-0.2, 0) is 54.3 Å². The van der Waals surface area contributed by atoms with E-state index < -0.39 is 54.8 Å². The summed E-state index contributed by atoms with van der Waals surface area (Å²) in [5.41, 5.74) is 6.14. The van der Waals surface area contributed by atoms with Gasteiger partial charge in [-0.05, 0) is 37.7 Å². The van der Waals surface area contributed by atoms with Gasteiger partial charge in [-0.15, -0.1) is 0 Å². The lowest BCUT2D eigenvalue weighted by atomic mass is 9.98. The molecular weight excluding hydrogens is 704 g/mol. The zero-order valence-corrected chi connectivity index (χ0v) is 30.8. The Hall–Kier alpha value is -5.00. The number of amides is 7. The topological polar surface area (TPSA) is 253 Å². The molecular formula is C37H54N6O11. The molecule has 2 rings (SSSR count). The van der Waals surface area contributed by atoms with Crippen molar-refractivity contribution in [1.82, 2.24) is 26.2 Å². The summed E-state index contributed by atoms with van der Waals surface area (Å²) in [5, 5.41) is 20.3. The smallest absolute Gasteiger partial charge is 0.253 e. The number of imide groups is 1. The average Bonchev–Trinajstić information content (AvgIpc) is 3.47. The number of nitrogens with one attached hydrogen (secondary N) is 4. The highest BCUT2D eigenvalue weighted by Crippen LogP contribution is 2.11. The normalized spacial score (nSPS) is 13.9. The minimum atomic E-state index is -1.33. The van der Waals surface area contributed by atoms with Gasteiger partial charge in [0, 0.05) is 57.0 Å². The number of ketones is 1. The minimum Gasteiger partial charge on any atom is -0.394 e. The van der Waals surface area contributed by atoms with E-state index in [-0.39, 0.29) is 82.1 Å². The first kappa shape index (κ1) is 45.2. The number of ether oxygens (including phenoxy) is 2. The molecule has 0 aliphatic carbocycles. The van der Waals surface area contributed by atoms with E-state index in [0.717, 1.165) is 22.6 Å². The fourth-order valence-electron chi connectivity index (χ4n) is 5.34. The molecule has 7 N–H and O–H groups in total. The predicted octanol–water partition coefficient (Wildman–Crippen LogP) is -0.807. The van der Waals surface area contributed by atoms with Crippen molar-refractivity contribution in [3.05, 3.63) is 48.0 Å². The minimum absolute atomic E-state index is 0.0211. The van der Waals surface area contributed by atoms with Crippen molar-refractivity contribution in [2.75, 3.05) is 52.7 Å². The van der Waals surface area contributed by atoms with Gasteiger partial charge >= 0.3 is 0 Å². The predicted molar refractivity (Wildman–Crippen MR) is 195 cm³/mol. The van der Waals surface area contributed by atoms with Gasteiger partial charge < -0.3 is 41.6 Å². The van der Waals surface area contributed by atoms with Gasteiger partial charge in [-0.2, -0.15) is 0 Å². The number of hydrogen-bond acceptors (Lipinski definition) is 11. The standard InChI is InChI=1S/C37H54N6O11/c1-2-27(36(38)51)12-13-31(46)39-17-8-4-7-11-30(45)28(23-26-9-5-3-6-10-26)42-37(52)29(24-44)41-33(48)25-54-22-21-53-20-18-40-32(47)16-19-43-34(49)14-15-35(43)50/h3,5-6,9-10,14-15,27-29,44H,2,4,7-8,11-13,16-25H2,1H3,(H2,38,51)(H,39,46)(H,40,47)(H,41,48)(H,42,52). The maximum absolute atomic E-state index is 13.2. The van der Waals surface area contributed by atoms with Crippen LogP contribution in [0.5, 0.6) is 0 Å². The van der Waals surface area contributed by atoms with Gasteiger partial charge in [0.15, 0.2) is 5.78 Å². The van der Waals surface area contributed by atoms with E-state index in [1.807, 2.05) is 37.3 Å². The number of aliphatic hydroxyl groups is 1. The maximum Gasteiger partial charge on any atom is 0.253 e. The molecule has 1 aromatic carbocycles. The lowest BCUT2D eigenvalue weighted by Gasteiger charge is -2.22. The quantitative estimate of drug-likeness (QED) is 0.0436. The Kier molecular flexibility index (Phi) is 21.6. The van der Waals surface area contributed by atoms with Crippen LogP contribution in [0.3, 0.4) is 0 Å². The summed E-state index contributed by atoms with van der Waals surface area (Å²) in [5.74, 6) is -3.79. The highest BCUT2D eigenvalue weighted by atomic mass is 16.5. The number of carbonyl (C=O) groups is 8. The third kappa shape index (κ3) is 18.2. The number of nitrogens with two attached hydrogens (primary N) is 1. The maximum atomic E-state index is 13.2. The first-order valence-electron chi connectivity index (χ1n) is 18.2. The van der Waals surface area contributed by atoms with E-state index in [2.05, 4.69) is 21.3 Å². The molecule has 0 aromatic heterocycles. The number of carbonyl (C=O) groups excluding carboxylic acids is 8. The third-order valence-corrected chi connectivity index (χ3v) is 8.50. The zero-order chi connectivity index (χ0) is 39.7. The highest BCUT2D eigenvalue weighted by molar-refractivity contribution is 6.13. The summed E-state index contributed by atoms with van der Waals surface area (Å²) < 4.78 is 10.6. The molecule has 1 heterocycles. The van der Waals surface area contributed by atoms with Crippen LogP contribution in [0.2, 0.25) is 0 Å². The summed E-state index contributed by atoms with van der Waals surface area (Å²) in [7, 11) is 0. The Morgan fingerprint density at radius 2 is 1.44 bits per heavy atom. The lowest BCUT2D eigenvalue weighted by Crippen LogP contribution is -2.54. The number of unbranched alkanes of at least 4 members (excludes halogenated alkanes) is 2. The molecule has 0 spiro atoms. The Bertz CT molecular complexity index is 1420. The second-order valence-corrected chi connectivity index (χ2v) is 12.7. The van der Waals surface area contributed by atoms with E-state index in [1.165, 1.54) is 0 Å². The van der Waals surface area contributed by atoms with Gasteiger partial charge in [0.2, 0.25) is 29.5 Å². The van der Waals surface area contributed by atoms with Crippen LogP contribution in [0, 0.1) is 5.92 Å². The van der Waals surface area contributed by atoms with Crippen molar-refractivity contribution in [1.29, 1.82) is 0 Å². The van der Waals surface area contributed by atoms with Crippen LogP contribution in [-0.4, -0.2) is 122 Å². The Labute approximate surface area is 315 Å². The molecule has 54 heavy (non-hydrogen) atoms. The summed E-state index contributed by atoms with van der Waals surface area (Å²) in [6, 6.07) is 6.87. The Morgan fingerprint density at radius 3 is 2.11 bits per heavy atom. The molecule has 0 radical (unpaired) electrons. The number of benzene rings is 1. The van der Waals surface area contributed by atoms with Crippen molar-refractivity contribution >= 4 is 47.1 Å². The SMILES string of the molecule is CCC(CCC(=O)NCCCCCC(=O)C(Cc1ccccc1)NC(=O)C(CO)NC(=O)COCCOCCNC(=O)CCN1C(=O)C=CC1=O)C(N)=O. The fourth-order valence-corrected chi connectivity index (χ4v) is 5.34. The number of nitrogens with zero attached hydrogens (tertiary/aromatic N) is 1. The van der Waals surface area contributed by atoms with E-state index in [4.69, 9.17) is 15.2 Å². The summed E-state index contributed by atoms with van der Waals surface area (Å²) in [6.07, 6.45) is 5.63. The van der Waals surface area contributed by atoms with E-state index in [9.17, 15) is 43.5 Å². The summed E-state index contributed by atoms with van der Waals surface area (Å²) >= 11 is 0. The van der Waals surface area contributed by atoms with Crippen molar-refractivity contribution < 1.29 is 52.9 Å². The Balaban J connectivity index is 1.68. The van der Waals surface area contributed by atoms with E-state index in [1.54, 1.807) is 0 Å². The van der Waals surface area contributed by atoms with Crippen LogP contribution >= 0.6 is 0 Å². The van der Waals surface area contributed by atoms with Crippen molar-refractivity contribution in [3.63, 3.8) is 0 Å². The first-order chi connectivity index (χ1) is 25.9. The van der Waals surface area contributed by atoms with Crippen LogP contribution in [0.15, 0.2) is 42.5 Å². The third-order valence-electron chi connectivity index (χ3n) is 8.50. The molecule has 3 unspecified atom stereocenters. The number of aliphatic hydroxyl groups excluding tert-OH is 1. The van der Waals surface area contributed by atoms with Crippen LogP contribution in [0.1, 0.15) is 63.9 Å². The van der Waals surface area contributed by atoms with Crippen molar-refractivity contribution in [3.8, 4) is 0 Å². The summed E-state index contributed by atoms with van der Waals surface area (Å²) in [4.78, 5) is 98.1. The van der Waals surface area contributed by atoms with Gasteiger partial charge in [0.25, 0.3) is 11.8 Å². The van der Waals surface area contributed by atoms with Gasteiger partial charge in [0.05, 0.1) is 32.5 Å². The van der Waals surface area contributed by atoms with Gasteiger partial charge in [-0.1, -0.05) is 43.7 Å². The molecule has 1 aliphatic rings. The second kappa shape index (κ2) is 25.9. The van der Waals surface area contributed by atoms with Crippen molar-refractivity contribution in [2.45, 2.75) is 76.8 Å². The monoisotopic (exact) mass is 758 g/mol. The first-order valence-corrected chi connectivity index (χ1v) is 18.2. The highest BCUT2D eigenvalue weighted by Gasteiger charge is 2.27.